The highest BCUT2D eigenvalue weighted by Crippen LogP contribution is 2.59. The lowest BCUT2D eigenvalue weighted by Crippen LogP contribution is -2.37. The molecular weight excluding hydrogens is 400 g/mol. The molecule has 31 heavy (non-hydrogen) atoms. The summed E-state index contributed by atoms with van der Waals surface area (Å²) in [6.07, 6.45) is -0.976. The number of rotatable bonds is 5. The Labute approximate surface area is 180 Å². The summed E-state index contributed by atoms with van der Waals surface area (Å²) in [5.41, 5.74) is 0.162. The number of ether oxygens (including phenoxy) is 5. The van der Waals surface area contributed by atoms with Gasteiger partial charge < -0.3 is 23.7 Å². The fourth-order valence-electron chi connectivity index (χ4n) is 4.42. The van der Waals surface area contributed by atoms with E-state index in [1.807, 2.05) is 26.0 Å². The van der Waals surface area contributed by atoms with Crippen molar-refractivity contribution in [2.24, 2.45) is 5.92 Å². The van der Waals surface area contributed by atoms with Crippen LogP contribution >= 0.6 is 0 Å². The number of hydrogen-bond acceptors (Lipinski definition) is 7. The predicted octanol–water partition coefficient (Wildman–Crippen LogP) is 3.34. The fraction of sp³-hybridized carbons (Fsp3) is 0.417. The van der Waals surface area contributed by atoms with Crippen molar-refractivity contribution < 1.29 is 33.3 Å². The van der Waals surface area contributed by atoms with Crippen LogP contribution in [0.1, 0.15) is 41.0 Å². The van der Waals surface area contributed by atoms with Crippen molar-refractivity contribution in [3.63, 3.8) is 0 Å². The largest absolute Gasteiger partial charge is 0.462 e. The molecule has 2 heterocycles. The highest BCUT2D eigenvalue weighted by Gasteiger charge is 2.74. The molecule has 2 aliphatic heterocycles. The molecule has 162 valence electrons. The first-order valence-electron chi connectivity index (χ1n) is 10.4. The van der Waals surface area contributed by atoms with E-state index in [0.29, 0.717) is 17.5 Å². The minimum Gasteiger partial charge on any atom is -0.462 e. The van der Waals surface area contributed by atoms with Gasteiger partial charge >= 0.3 is 11.9 Å². The van der Waals surface area contributed by atoms with Gasteiger partial charge in [-0.1, -0.05) is 36.4 Å². The normalized spacial score (nSPS) is 32.5. The first kappa shape index (κ1) is 20.2. The first-order valence-corrected chi connectivity index (χ1v) is 10.4. The molecule has 0 bridgehead atoms. The summed E-state index contributed by atoms with van der Waals surface area (Å²) in [5.74, 6) is -1.95. The summed E-state index contributed by atoms with van der Waals surface area (Å²) in [7, 11) is 0. The molecule has 2 saturated heterocycles. The van der Waals surface area contributed by atoms with Crippen molar-refractivity contribution in [3.05, 3.63) is 71.8 Å². The number of fused-ring (bicyclic) bond motifs is 1. The Bertz CT molecular complexity index is 974. The van der Waals surface area contributed by atoms with Crippen molar-refractivity contribution in [1.82, 2.24) is 0 Å². The van der Waals surface area contributed by atoms with Gasteiger partial charge in [0.15, 0.2) is 12.1 Å². The molecule has 1 aliphatic carbocycles. The summed E-state index contributed by atoms with van der Waals surface area (Å²) in [5, 5.41) is 0. The topological polar surface area (TPSA) is 80.3 Å². The van der Waals surface area contributed by atoms with Gasteiger partial charge in [-0.2, -0.15) is 0 Å². The Morgan fingerprint density at radius 1 is 0.903 bits per heavy atom. The molecule has 2 aromatic rings. The van der Waals surface area contributed by atoms with Gasteiger partial charge in [-0.3, -0.25) is 0 Å². The molecule has 3 fully saturated rings. The molecule has 0 amide bonds. The van der Waals surface area contributed by atoms with E-state index in [4.69, 9.17) is 23.7 Å². The molecule has 5 atom stereocenters. The Morgan fingerprint density at radius 3 is 2.16 bits per heavy atom. The van der Waals surface area contributed by atoms with E-state index in [9.17, 15) is 9.59 Å². The molecule has 7 heteroatoms. The van der Waals surface area contributed by atoms with Crippen LogP contribution in [0.2, 0.25) is 0 Å². The maximum Gasteiger partial charge on any atom is 0.338 e. The SMILES string of the molecule is CC1(C)O[C@H]2O[C@@]3(CC3OC(=O)c3ccccc3)[C@@H](COC(=O)c3ccccc3)[C@H]2O1. The third-order valence-corrected chi connectivity index (χ3v) is 6.00. The average molecular weight is 424 g/mol. The van der Waals surface area contributed by atoms with Crippen LogP contribution in [0.25, 0.3) is 0 Å². The van der Waals surface area contributed by atoms with E-state index in [1.165, 1.54) is 0 Å². The highest BCUT2D eigenvalue weighted by atomic mass is 16.8. The van der Waals surface area contributed by atoms with Crippen molar-refractivity contribution in [2.45, 2.75) is 50.2 Å². The second kappa shape index (κ2) is 7.44. The Kier molecular flexibility index (Phi) is 4.84. The molecule has 1 unspecified atom stereocenters. The molecule has 1 saturated carbocycles. The molecular formula is C24H24O7. The molecule has 7 nitrogen and oxygen atoms in total. The van der Waals surface area contributed by atoms with E-state index < -0.39 is 41.8 Å². The quantitative estimate of drug-likeness (QED) is 0.681. The van der Waals surface area contributed by atoms with Crippen molar-refractivity contribution in [3.8, 4) is 0 Å². The highest BCUT2D eigenvalue weighted by molar-refractivity contribution is 5.90. The zero-order valence-corrected chi connectivity index (χ0v) is 17.4. The fourth-order valence-corrected chi connectivity index (χ4v) is 4.42. The van der Waals surface area contributed by atoms with Gasteiger partial charge in [-0.15, -0.1) is 0 Å². The van der Waals surface area contributed by atoms with Crippen LogP contribution in [0.5, 0.6) is 0 Å². The van der Waals surface area contributed by atoms with Crippen molar-refractivity contribution >= 4 is 11.9 Å². The van der Waals surface area contributed by atoms with Gasteiger partial charge in [-0.05, 0) is 38.1 Å². The zero-order valence-electron chi connectivity index (χ0n) is 17.4. The van der Waals surface area contributed by atoms with Crippen LogP contribution in [0.4, 0.5) is 0 Å². The molecule has 0 N–H and O–H groups in total. The summed E-state index contributed by atoms with van der Waals surface area (Å²) in [4.78, 5) is 25.0. The Hall–Kier alpha value is -2.74. The van der Waals surface area contributed by atoms with E-state index >= 15 is 0 Å². The first-order chi connectivity index (χ1) is 14.9. The van der Waals surface area contributed by atoms with Crippen LogP contribution in [0.15, 0.2) is 60.7 Å². The maximum absolute atomic E-state index is 12.5. The summed E-state index contributed by atoms with van der Waals surface area (Å²) in [6, 6.07) is 17.6. The zero-order chi connectivity index (χ0) is 21.6. The number of esters is 2. The Balaban J connectivity index is 1.31. The van der Waals surface area contributed by atoms with E-state index in [2.05, 4.69) is 0 Å². The van der Waals surface area contributed by atoms with Gasteiger partial charge in [0.25, 0.3) is 0 Å². The Morgan fingerprint density at radius 2 is 1.52 bits per heavy atom. The third kappa shape index (κ3) is 3.73. The number of hydrogen-bond donors (Lipinski definition) is 0. The van der Waals surface area contributed by atoms with Crippen molar-refractivity contribution in [2.75, 3.05) is 6.61 Å². The molecule has 1 spiro atoms. The molecule has 2 aromatic carbocycles. The smallest absolute Gasteiger partial charge is 0.338 e. The monoisotopic (exact) mass is 424 g/mol. The minimum absolute atomic E-state index is 0.0771. The number of carbonyl (C=O) groups excluding carboxylic acids is 2. The maximum atomic E-state index is 12.5. The second-order valence-electron chi connectivity index (χ2n) is 8.58. The van der Waals surface area contributed by atoms with Gasteiger partial charge in [0.05, 0.1) is 17.0 Å². The van der Waals surface area contributed by atoms with Gasteiger partial charge in [-0.25, -0.2) is 9.59 Å². The van der Waals surface area contributed by atoms with E-state index in [1.54, 1.807) is 48.5 Å². The molecule has 3 aliphatic rings. The van der Waals surface area contributed by atoms with Gasteiger partial charge in [0.2, 0.25) is 0 Å². The summed E-state index contributed by atoms with van der Waals surface area (Å²) < 4.78 is 29.5. The van der Waals surface area contributed by atoms with Crippen LogP contribution in [-0.2, 0) is 23.7 Å². The minimum atomic E-state index is -0.802. The molecule has 5 rings (SSSR count). The molecule has 0 radical (unpaired) electrons. The van der Waals surface area contributed by atoms with E-state index in [-0.39, 0.29) is 12.5 Å². The lowest BCUT2D eigenvalue weighted by molar-refractivity contribution is -0.220. The third-order valence-electron chi connectivity index (χ3n) is 6.00. The van der Waals surface area contributed by atoms with E-state index in [0.717, 1.165) is 0 Å². The lowest BCUT2D eigenvalue weighted by atomic mass is 9.97. The predicted molar refractivity (Wildman–Crippen MR) is 108 cm³/mol. The summed E-state index contributed by atoms with van der Waals surface area (Å²) in [6.45, 7) is 3.70. The van der Waals surface area contributed by atoms with Crippen LogP contribution in [0.3, 0.4) is 0 Å². The number of carbonyl (C=O) groups is 2. The van der Waals surface area contributed by atoms with Gasteiger partial charge in [0.1, 0.15) is 24.4 Å². The molecule has 0 aromatic heterocycles. The van der Waals surface area contributed by atoms with Crippen LogP contribution < -0.4 is 0 Å². The van der Waals surface area contributed by atoms with Crippen molar-refractivity contribution in [1.29, 1.82) is 0 Å². The lowest BCUT2D eigenvalue weighted by Gasteiger charge is -2.26. The average Bonchev–Trinajstić information content (AvgIpc) is 3.25. The van der Waals surface area contributed by atoms with Crippen LogP contribution in [0, 0.1) is 5.92 Å². The second-order valence-corrected chi connectivity index (χ2v) is 8.58. The number of benzene rings is 2. The standard InChI is InChI=1S/C24H24O7/c1-23(2)29-19-17(14-27-20(25)15-9-5-3-6-10-15)24(31-22(19)30-23)13-18(24)28-21(26)16-11-7-4-8-12-16/h3-12,17-19,22H,13-14H2,1-2H3/t17-,18?,19+,22-,24-/m0/s1. The van der Waals surface area contributed by atoms with Crippen LogP contribution in [-0.4, -0.2) is 48.4 Å². The summed E-state index contributed by atoms with van der Waals surface area (Å²) >= 11 is 0. The van der Waals surface area contributed by atoms with Gasteiger partial charge in [0, 0.05) is 6.42 Å².